The zero-order valence-corrected chi connectivity index (χ0v) is 8.78. The molecule has 0 amide bonds. The standard InChI is InChI=1S/C13H16O2/c14-12-7-6-11-10(12)2-1-3-13(11)15-8-9-4-5-9/h1-3,9,12,14H,4-8H2/t12-/m0/s1. The van der Waals surface area contributed by atoms with E-state index >= 15 is 0 Å². The van der Waals surface area contributed by atoms with E-state index in [1.807, 2.05) is 18.2 Å². The van der Waals surface area contributed by atoms with E-state index in [1.165, 1.54) is 18.4 Å². The Morgan fingerprint density at radius 3 is 2.93 bits per heavy atom. The molecule has 15 heavy (non-hydrogen) atoms. The molecule has 0 radical (unpaired) electrons. The van der Waals surface area contributed by atoms with Gasteiger partial charge in [-0.1, -0.05) is 12.1 Å². The molecule has 1 aromatic carbocycles. The number of aliphatic hydroxyl groups is 1. The molecule has 0 heterocycles. The minimum absolute atomic E-state index is 0.274. The summed E-state index contributed by atoms with van der Waals surface area (Å²) in [5.41, 5.74) is 2.30. The summed E-state index contributed by atoms with van der Waals surface area (Å²) in [5, 5.41) is 9.74. The average Bonchev–Trinajstić information content (AvgIpc) is 3.01. The third-order valence-electron chi connectivity index (χ3n) is 3.37. The number of hydrogen-bond acceptors (Lipinski definition) is 2. The van der Waals surface area contributed by atoms with Crippen LogP contribution >= 0.6 is 0 Å². The first kappa shape index (κ1) is 9.22. The fraction of sp³-hybridized carbons (Fsp3) is 0.538. The molecule has 2 aliphatic rings. The molecule has 1 aromatic rings. The summed E-state index contributed by atoms with van der Waals surface area (Å²) in [5.74, 6) is 1.78. The molecule has 1 N–H and O–H groups in total. The Kier molecular flexibility index (Phi) is 2.17. The Hall–Kier alpha value is -1.02. The maximum absolute atomic E-state index is 9.74. The van der Waals surface area contributed by atoms with Crippen LogP contribution in [0.3, 0.4) is 0 Å². The van der Waals surface area contributed by atoms with E-state index in [2.05, 4.69) is 0 Å². The Labute approximate surface area is 89.9 Å². The van der Waals surface area contributed by atoms with Crippen LogP contribution in [0.25, 0.3) is 0 Å². The van der Waals surface area contributed by atoms with Crippen molar-refractivity contribution < 1.29 is 9.84 Å². The quantitative estimate of drug-likeness (QED) is 0.819. The number of ether oxygens (including phenoxy) is 1. The van der Waals surface area contributed by atoms with Gasteiger partial charge in [0.05, 0.1) is 12.7 Å². The third-order valence-corrected chi connectivity index (χ3v) is 3.37. The average molecular weight is 204 g/mol. The van der Waals surface area contributed by atoms with Crippen LogP contribution in [-0.4, -0.2) is 11.7 Å². The van der Waals surface area contributed by atoms with Crippen LogP contribution in [-0.2, 0) is 6.42 Å². The first-order valence-electron chi connectivity index (χ1n) is 5.77. The van der Waals surface area contributed by atoms with Crippen molar-refractivity contribution in [2.45, 2.75) is 31.8 Å². The van der Waals surface area contributed by atoms with Gasteiger partial charge >= 0.3 is 0 Å². The van der Waals surface area contributed by atoms with E-state index in [4.69, 9.17) is 4.74 Å². The summed E-state index contributed by atoms with van der Waals surface area (Å²) in [4.78, 5) is 0. The van der Waals surface area contributed by atoms with Gasteiger partial charge in [0.15, 0.2) is 0 Å². The molecule has 0 bridgehead atoms. The van der Waals surface area contributed by atoms with Crippen molar-refractivity contribution in [3.63, 3.8) is 0 Å². The van der Waals surface area contributed by atoms with Crippen molar-refractivity contribution in [3.8, 4) is 5.75 Å². The molecule has 1 atom stereocenters. The Morgan fingerprint density at radius 1 is 1.27 bits per heavy atom. The molecule has 3 rings (SSSR count). The van der Waals surface area contributed by atoms with Crippen LogP contribution in [0.2, 0.25) is 0 Å². The van der Waals surface area contributed by atoms with Crippen molar-refractivity contribution in [1.29, 1.82) is 0 Å². The van der Waals surface area contributed by atoms with Crippen LogP contribution in [0, 0.1) is 5.92 Å². The summed E-state index contributed by atoms with van der Waals surface area (Å²) in [6.45, 7) is 0.854. The predicted octanol–water partition coefficient (Wildman–Crippen LogP) is 2.46. The van der Waals surface area contributed by atoms with Crippen molar-refractivity contribution in [2.24, 2.45) is 5.92 Å². The summed E-state index contributed by atoms with van der Waals surface area (Å²) in [7, 11) is 0. The second-order valence-corrected chi connectivity index (χ2v) is 4.63. The number of fused-ring (bicyclic) bond motifs is 1. The molecule has 1 saturated carbocycles. The zero-order valence-electron chi connectivity index (χ0n) is 8.78. The highest BCUT2D eigenvalue weighted by molar-refractivity contribution is 5.44. The molecule has 2 heteroatoms. The lowest BCUT2D eigenvalue weighted by Gasteiger charge is -2.10. The molecular formula is C13H16O2. The predicted molar refractivity (Wildman–Crippen MR) is 57.9 cm³/mol. The summed E-state index contributed by atoms with van der Waals surface area (Å²) in [6.07, 6.45) is 4.16. The molecule has 2 aliphatic carbocycles. The van der Waals surface area contributed by atoms with Gasteiger partial charge < -0.3 is 9.84 Å². The second kappa shape index (κ2) is 3.53. The molecule has 0 aromatic heterocycles. The third kappa shape index (κ3) is 1.74. The molecule has 0 aliphatic heterocycles. The van der Waals surface area contributed by atoms with Gasteiger partial charge in [-0.15, -0.1) is 0 Å². The fourth-order valence-corrected chi connectivity index (χ4v) is 2.23. The van der Waals surface area contributed by atoms with Gasteiger partial charge in [-0.3, -0.25) is 0 Å². The van der Waals surface area contributed by atoms with Crippen LogP contribution in [0.1, 0.15) is 36.5 Å². The van der Waals surface area contributed by atoms with Gasteiger partial charge in [0, 0.05) is 5.56 Å². The van der Waals surface area contributed by atoms with Crippen molar-refractivity contribution in [1.82, 2.24) is 0 Å². The molecule has 2 nitrogen and oxygen atoms in total. The first-order chi connectivity index (χ1) is 7.34. The lowest BCUT2D eigenvalue weighted by molar-refractivity contribution is 0.180. The van der Waals surface area contributed by atoms with Crippen molar-refractivity contribution >= 4 is 0 Å². The van der Waals surface area contributed by atoms with E-state index in [-0.39, 0.29) is 6.10 Å². The highest BCUT2D eigenvalue weighted by Gasteiger charge is 2.25. The number of benzene rings is 1. The van der Waals surface area contributed by atoms with Crippen molar-refractivity contribution in [3.05, 3.63) is 29.3 Å². The van der Waals surface area contributed by atoms with Crippen molar-refractivity contribution in [2.75, 3.05) is 6.61 Å². The van der Waals surface area contributed by atoms with Crippen LogP contribution in [0.15, 0.2) is 18.2 Å². The summed E-state index contributed by atoms with van der Waals surface area (Å²) >= 11 is 0. The minimum Gasteiger partial charge on any atom is -0.493 e. The van der Waals surface area contributed by atoms with Gasteiger partial charge in [-0.05, 0) is 43.2 Å². The molecular weight excluding hydrogens is 188 g/mol. The van der Waals surface area contributed by atoms with E-state index in [0.29, 0.717) is 0 Å². The van der Waals surface area contributed by atoms with Crippen LogP contribution < -0.4 is 4.74 Å². The maximum Gasteiger partial charge on any atom is 0.122 e. The number of aliphatic hydroxyl groups excluding tert-OH is 1. The maximum atomic E-state index is 9.74. The highest BCUT2D eigenvalue weighted by Crippen LogP contribution is 2.37. The largest absolute Gasteiger partial charge is 0.493 e. The number of rotatable bonds is 3. The normalized spacial score (nSPS) is 23.9. The molecule has 0 saturated heterocycles. The van der Waals surface area contributed by atoms with Gasteiger partial charge in [0.25, 0.3) is 0 Å². The Balaban J connectivity index is 1.81. The monoisotopic (exact) mass is 204 g/mol. The van der Waals surface area contributed by atoms with Gasteiger partial charge in [0.2, 0.25) is 0 Å². The van der Waals surface area contributed by atoms with E-state index < -0.39 is 0 Å². The van der Waals surface area contributed by atoms with Gasteiger partial charge in [-0.25, -0.2) is 0 Å². The second-order valence-electron chi connectivity index (χ2n) is 4.63. The lowest BCUT2D eigenvalue weighted by Crippen LogP contribution is -2.01. The molecule has 80 valence electrons. The minimum atomic E-state index is -0.274. The smallest absolute Gasteiger partial charge is 0.122 e. The Bertz CT molecular complexity index is 369. The highest BCUT2D eigenvalue weighted by atomic mass is 16.5. The topological polar surface area (TPSA) is 29.5 Å². The van der Waals surface area contributed by atoms with Crippen LogP contribution in [0.4, 0.5) is 0 Å². The SMILES string of the molecule is O[C@H]1CCc2c(OCC3CC3)cccc21. The van der Waals surface area contributed by atoms with Gasteiger partial charge in [0.1, 0.15) is 5.75 Å². The summed E-state index contributed by atoms with van der Waals surface area (Å²) < 4.78 is 5.81. The zero-order chi connectivity index (χ0) is 10.3. The van der Waals surface area contributed by atoms with E-state index in [9.17, 15) is 5.11 Å². The first-order valence-corrected chi connectivity index (χ1v) is 5.77. The Morgan fingerprint density at radius 2 is 2.13 bits per heavy atom. The van der Waals surface area contributed by atoms with Gasteiger partial charge in [-0.2, -0.15) is 0 Å². The molecule has 0 unspecified atom stereocenters. The lowest BCUT2D eigenvalue weighted by atomic mass is 10.1. The number of hydrogen-bond donors (Lipinski definition) is 1. The van der Waals surface area contributed by atoms with E-state index in [1.54, 1.807) is 0 Å². The van der Waals surface area contributed by atoms with E-state index in [0.717, 1.165) is 36.7 Å². The summed E-state index contributed by atoms with van der Waals surface area (Å²) in [6, 6.07) is 6.02. The molecule has 0 spiro atoms. The molecule has 1 fully saturated rings. The van der Waals surface area contributed by atoms with Crippen LogP contribution in [0.5, 0.6) is 5.75 Å². The fourth-order valence-electron chi connectivity index (χ4n) is 2.23.